The highest BCUT2D eigenvalue weighted by Crippen LogP contribution is 2.18. The Bertz CT molecular complexity index is 535. The van der Waals surface area contributed by atoms with E-state index in [9.17, 15) is 13.8 Å². The van der Waals surface area contributed by atoms with E-state index in [1.807, 2.05) is 0 Å². The minimum absolute atomic E-state index is 0.200. The van der Waals surface area contributed by atoms with E-state index in [4.69, 9.17) is 16.7 Å². The third-order valence-electron chi connectivity index (χ3n) is 2.78. The van der Waals surface area contributed by atoms with Gasteiger partial charge in [0.15, 0.2) is 0 Å². The standard InChI is InChI=1S/C13H17ClN2O4S/c1-9(21(2)20)7-15-13(19)16(8-12(17)18)11-5-3-10(14)4-6-11/h3-6,9H,7-8H2,1-2H3,(H,15,19)(H,17,18). The number of halogens is 1. The van der Waals surface area contributed by atoms with Crippen LogP contribution in [0.15, 0.2) is 24.3 Å². The molecule has 0 fully saturated rings. The van der Waals surface area contributed by atoms with Crippen LogP contribution in [0, 0.1) is 0 Å². The lowest BCUT2D eigenvalue weighted by molar-refractivity contribution is -0.135. The van der Waals surface area contributed by atoms with Crippen LogP contribution in [0.2, 0.25) is 5.02 Å². The number of hydrogen-bond donors (Lipinski definition) is 2. The van der Waals surface area contributed by atoms with Crippen LogP contribution in [-0.2, 0) is 15.6 Å². The molecule has 0 aliphatic carbocycles. The van der Waals surface area contributed by atoms with E-state index in [1.165, 1.54) is 0 Å². The monoisotopic (exact) mass is 332 g/mol. The minimum atomic E-state index is -1.13. The Morgan fingerprint density at radius 1 is 1.38 bits per heavy atom. The van der Waals surface area contributed by atoms with Gasteiger partial charge in [-0.1, -0.05) is 11.6 Å². The van der Waals surface area contributed by atoms with Gasteiger partial charge in [-0.2, -0.15) is 0 Å². The first-order valence-electron chi connectivity index (χ1n) is 6.16. The Hall–Kier alpha value is -1.60. The van der Waals surface area contributed by atoms with Gasteiger partial charge in [0.1, 0.15) is 6.54 Å². The van der Waals surface area contributed by atoms with Gasteiger partial charge in [0, 0.05) is 39.6 Å². The van der Waals surface area contributed by atoms with Crippen LogP contribution >= 0.6 is 11.6 Å². The SMILES string of the molecule is CC(CNC(=O)N(CC(=O)O)c1ccc(Cl)cc1)S(C)=O. The van der Waals surface area contributed by atoms with E-state index >= 15 is 0 Å². The summed E-state index contributed by atoms with van der Waals surface area (Å²) in [5.74, 6) is -1.13. The maximum absolute atomic E-state index is 12.1. The molecule has 8 heteroatoms. The summed E-state index contributed by atoms with van der Waals surface area (Å²) in [6.45, 7) is 1.46. The van der Waals surface area contributed by atoms with Crippen LogP contribution in [0.25, 0.3) is 0 Å². The number of carboxylic acids is 1. The number of carbonyl (C=O) groups excluding carboxylic acids is 1. The molecule has 2 atom stereocenters. The molecule has 0 saturated heterocycles. The van der Waals surface area contributed by atoms with Crippen molar-refractivity contribution in [3.05, 3.63) is 29.3 Å². The predicted octanol–water partition coefficient (Wildman–Crippen LogP) is 1.71. The van der Waals surface area contributed by atoms with Crippen molar-refractivity contribution in [1.29, 1.82) is 0 Å². The number of hydrogen-bond acceptors (Lipinski definition) is 3. The lowest BCUT2D eigenvalue weighted by Gasteiger charge is -2.22. The number of urea groups is 1. The van der Waals surface area contributed by atoms with Gasteiger partial charge in [-0.25, -0.2) is 4.79 Å². The maximum atomic E-state index is 12.1. The topological polar surface area (TPSA) is 86.7 Å². The number of carboxylic acid groups (broad SMARTS) is 1. The Kier molecular flexibility index (Phi) is 6.64. The number of anilines is 1. The highest BCUT2D eigenvalue weighted by molar-refractivity contribution is 7.84. The third-order valence-corrected chi connectivity index (χ3v) is 4.34. The van der Waals surface area contributed by atoms with Gasteiger partial charge >= 0.3 is 12.0 Å². The number of benzene rings is 1. The van der Waals surface area contributed by atoms with Crippen LogP contribution in [0.1, 0.15) is 6.92 Å². The van der Waals surface area contributed by atoms with Gasteiger partial charge in [0.2, 0.25) is 0 Å². The van der Waals surface area contributed by atoms with Crippen molar-refractivity contribution in [3.63, 3.8) is 0 Å². The van der Waals surface area contributed by atoms with Crippen LogP contribution in [0.4, 0.5) is 10.5 Å². The van der Waals surface area contributed by atoms with E-state index in [0.29, 0.717) is 10.7 Å². The molecule has 21 heavy (non-hydrogen) atoms. The van der Waals surface area contributed by atoms with Gasteiger partial charge < -0.3 is 10.4 Å². The Morgan fingerprint density at radius 3 is 2.43 bits per heavy atom. The normalized spacial score (nSPS) is 13.3. The van der Waals surface area contributed by atoms with Gasteiger partial charge in [0.25, 0.3) is 0 Å². The third kappa shape index (κ3) is 5.73. The number of aliphatic carboxylic acids is 1. The van der Waals surface area contributed by atoms with Crippen LogP contribution in [-0.4, -0.2) is 45.9 Å². The van der Waals surface area contributed by atoms with Crippen molar-refractivity contribution in [1.82, 2.24) is 5.32 Å². The van der Waals surface area contributed by atoms with Crippen LogP contribution in [0.5, 0.6) is 0 Å². The molecule has 0 heterocycles. The van der Waals surface area contributed by atoms with E-state index in [-0.39, 0.29) is 11.8 Å². The first-order chi connectivity index (χ1) is 9.81. The zero-order valence-electron chi connectivity index (χ0n) is 11.7. The zero-order chi connectivity index (χ0) is 16.0. The Morgan fingerprint density at radius 2 is 1.95 bits per heavy atom. The van der Waals surface area contributed by atoms with E-state index in [1.54, 1.807) is 37.4 Å². The summed E-state index contributed by atoms with van der Waals surface area (Å²) in [6, 6.07) is 5.71. The molecule has 0 spiro atoms. The largest absolute Gasteiger partial charge is 0.480 e. The summed E-state index contributed by atoms with van der Waals surface area (Å²) in [5, 5.41) is 11.8. The first kappa shape index (κ1) is 17.5. The van der Waals surface area contributed by atoms with Gasteiger partial charge in [-0.3, -0.25) is 13.9 Å². The average Bonchev–Trinajstić information content (AvgIpc) is 2.42. The molecule has 2 unspecified atom stereocenters. The molecule has 2 amide bonds. The van der Waals surface area contributed by atoms with Crippen LogP contribution in [0.3, 0.4) is 0 Å². The number of carbonyl (C=O) groups is 2. The summed E-state index contributed by atoms with van der Waals surface area (Å²) < 4.78 is 11.2. The molecular weight excluding hydrogens is 316 g/mol. The minimum Gasteiger partial charge on any atom is -0.480 e. The fraction of sp³-hybridized carbons (Fsp3) is 0.385. The highest BCUT2D eigenvalue weighted by Gasteiger charge is 2.19. The molecule has 1 rings (SSSR count). The fourth-order valence-electron chi connectivity index (χ4n) is 1.48. The summed E-state index contributed by atoms with van der Waals surface area (Å²) in [7, 11) is -1.07. The summed E-state index contributed by atoms with van der Waals surface area (Å²) in [4.78, 5) is 24.1. The molecule has 2 N–H and O–H groups in total. The quantitative estimate of drug-likeness (QED) is 0.830. The van der Waals surface area contributed by atoms with Crippen molar-refractivity contribution in [2.45, 2.75) is 12.2 Å². The Balaban J connectivity index is 2.82. The molecule has 116 valence electrons. The maximum Gasteiger partial charge on any atom is 0.323 e. The molecule has 0 bridgehead atoms. The van der Waals surface area contributed by atoms with Gasteiger partial charge in [0.05, 0.1) is 0 Å². The smallest absolute Gasteiger partial charge is 0.323 e. The van der Waals surface area contributed by atoms with Crippen molar-refractivity contribution in [3.8, 4) is 0 Å². The predicted molar refractivity (Wildman–Crippen MR) is 83.4 cm³/mol. The number of nitrogens with one attached hydrogen (secondary N) is 1. The highest BCUT2D eigenvalue weighted by atomic mass is 35.5. The number of nitrogens with zero attached hydrogens (tertiary/aromatic N) is 1. The van der Waals surface area contributed by atoms with Crippen molar-refractivity contribution < 1.29 is 18.9 Å². The second kappa shape index (κ2) is 7.99. The first-order valence-corrected chi connectivity index (χ1v) is 8.16. The second-order valence-electron chi connectivity index (χ2n) is 4.45. The van der Waals surface area contributed by atoms with Crippen molar-refractivity contribution in [2.75, 3.05) is 24.2 Å². The summed E-state index contributed by atoms with van der Waals surface area (Å²) in [5.41, 5.74) is 0.421. The molecule has 0 radical (unpaired) electrons. The van der Waals surface area contributed by atoms with E-state index < -0.39 is 29.3 Å². The fourth-order valence-corrected chi connectivity index (χ4v) is 1.92. The lowest BCUT2D eigenvalue weighted by atomic mass is 10.3. The number of rotatable bonds is 6. The molecule has 1 aromatic rings. The van der Waals surface area contributed by atoms with Crippen LogP contribution < -0.4 is 10.2 Å². The van der Waals surface area contributed by atoms with Gasteiger partial charge in [-0.05, 0) is 31.2 Å². The zero-order valence-corrected chi connectivity index (χ0v) is 13.3. The summed E-state index contributed by atoms with van der Waals surface area (Å²) in [6.07, 6.45) is 1.55. The van der Waals surface area contributed by atoms with E-state index in [2.05, 4.69) is 5.32 Å². The molecule has 0 saturated carbocycles. The van der Waals surface area contributed by atoms with Crippen molar-refractivity contribution in [2.24, 2.45) is 0 Å². The molecule has 6 nitrogen and oxygen atoms in total. The van der Waals surface area contributed by atoms with E-state index in [0.717, 1.165) is 4.90 Å². The molecule has 0 aromatic heterocycles. The Labute approximate surface area is 130 Å². The van der Waals surface area contributed by atoms with Gasteiger partial charge in [-0.15, -0.1) is 0 Å². The molecule has 0 aliphatic heterocycles. The lowest BCUT2D eigenvalue weighted by Crippen LogP contribution is -2.45. The average molecular weight is 333 g/mol. The summed E-state index contributed by atoms with van der Waals surface area (Å²) >= 11 is 5.77. The second-order valence-corrected chi connectivity index (χ2v) is 6.69. The van der Waals surface area contributed by atoms with Crippen molar-refractivity contribution >= 4 is 40.1 Å². The molecule has 1 aromatic carbocycles. The molecule has 0 aliphatic rings. The number of amides is 2. The molecular formula is C13H17ClN2O4S.